The Labute approximate surface area is 294 Å². The van der Waals surface area contributed by atoms with E-state index in [1.54, 1.807) is 18.4 Å². The van der Waals surface area contributed by atoms with Crippen LogP contribution in [-0.2, 0) is 16.9 Å². The first-order valence-corrected chi connectivity index (χ1v) is 17.2. The average Bonchev–Trinajstić information content (AvgIpc) is 3.79. The zero-order chi connectivity index (χ0) is 33.9. The minimum Gasteiger partial charge on any atom is -0.494 e. The van der Waals surface area contributed by atoms with E-state index >= 15 is 0 Å². The number of benzene rings is 6. The van der Waals surface area contributed by atoms with Crippen molar-refractivity contribution in [2.75, 3.05) is 12.4 Å². The summed E-state index contributed by atoms with van der Waals surface area (Å²) in [4.78, 5) is 14.2. The van der Waals surface area contributed by atoms with Gasteiger partial charge in [0.05, 0.1) is 28.6 Å². The minimum atomic E-state index is -0.870. The molecule has 8 rings (SSSR count). The average molecular weight is 672 g/mol. The number of nitrogens with one attached hydrogen (secondary N) is 1. The highest BCUT2D eigenvalue weighted by Crippen LogP contribution is 2.48. The Balaban J connectivity index is 1.39. The van der Waals surface area contributed by atoms with Crippen molar-refractivity contribution < 1.29 is 14.3 Å². The largest absolute Gasteiger partial charge is 0.494 e. The van der Waals surface area contributed by atoms with E-state index in [1.807, 2.05) is 72.8 Å². The van der Waals surface area contributed by atoms with E-state index in [0.717, 1.165) is 53.8 Å². The SMILES string of the molecule is COc1c(NC(=O)OCc2ccccc2)ccc2c1c(-c1cc3ccccc3s1)nn2C(c1ccccc1)(c1ccccc1)c1ccccc1. The van der Waals surface area contributed by atoms with Gasteiger partial charge in [-0.05, 0) is 51.9 Å². The number of fused-ring (bicyclic) bond motifs is 2. The molecule has 50 heavy (non-hydrogen) atoms. The minimum absolute atomic E-state index is 0.149. The fourth-order valence-electron chi connectivity index (χ4n) is 6.79. The number of amides is 1. The number of thiophene rings is 1. The van der Waals surface area contributed by atoms with Gasteiger partial charge < -0.3 is 9.47 Å². The third-order valence-electron chi connectivity index (χ3n) is 9.01. The lowest BCUT2D eigenvalue weighted by Gasteiger charge is -2.37. The molecular weight excluding hydrogens is 639 g/mol. The fraction of sp³-hybridized carbons (Fsp3) is 0.0698. The number of rotatable bonds is 9. The van der Waals surface area contributed by atoms with Crippen molar-refractivity contribution in [1.82, 2.24) is 9.78 Å². The summed E-state index contributed by atoms with van der Waals surface area (Å²) in [5, 5.41) is 10.4. The summed E-state index contributed by atoms with van der Waals surface area (Å²) < 4.78 is 15.1. The Morgan fingerprint density at radius 1 is 0.720 bits per heavy atom. The molecule has 7 heteroatoms. The molecule has 0 saturated heterocycles. The molecule has 2 heterocycles. The van der Waals surface area contributed by atoms with E-state index in [0.29, 0.717) is 11.4 Å². The number of ether oxygens (including phenoxy) is 2. The van der Waals surface area contributed by atoms with Gasteiger partial charge in [-0.1, -0.05) is 140 Å². The molecular formula is C43H33N3O3S. The van der Waals surface area contributed by atoms with Crippen LogP contribution in [0.25, 0.3) is 31.6 Å². The van der Waals surface area contributed by atoms with Gasteiger partial charge >= 0.3 is 6.09 Å². The molecule has 0 aliphatic carbocycles. The maximum absolute atomic E-state index is 13.2. The smallest absolute Gasteiger partial charge is 0.412 e. The van der Waals surface area contributed by atoms with Crippen LogP contribution < -0.4 is 10.1 Å². The van der Waals surface area contributed by atoms with E-state index in [4.69, 9.17) is 14.6 Å². The molecule has 6 nitrogen and oxygen atoms in total. The highest BCUT2D eigenvalue weighted by Gasteiger charge is 2.41. The van der Waals surface area contributed by atoms with Gasteiger partial charge in [-0.3, -0.25) is 5.32 Å². The van der Waals surface area contributed by atoms with Crippen molar-refractivity contribution >= 4 is 44.1 Å². The molecule has 0 unspecified atom stereocenters. The van der Waals surface area contributed by atoms with Gasteiger partial charge in [0.2, 0.25) is 0 Å². The first-order chi connectivity index (χ1) is 24.7. The third kappa shape index (κ3) is 5.47. The monoisotopic (exact) mass is 671 g/mol. The van der Waals surface area contributed by atoms with Crippen LogP contribution in [0.15, 0.2) is 164 Å². The molecule has 0 radical (unpaired) electrons. The Kier molecular flexibility index (Phi) is 8.32. The van der Waals surface area contributed by atoms with Gasteiger partial charge in [0.15, 0.2) is 5.75 Å². The number of carbonyl (C=O) groups is 1. The normalized spacial score (nSPS) is 11.5. The quantitative estimate of drug-likeness (QED) is 0.155. The molecule has 6 aromatic carbocycles. The molecule has 1 N–H and O–H groups in total. The van der Waals surface area contributed by atoms with Crippen LogP contribution in [0.3, 0.4) is 0 Å². The van der Waals surface area contributed by atoms with E-state index in [-0.39, 0.29) is 6.61 Å². The molecule has 8 aromatic rings. The van der Waals surface area contributed by atoms with Crippen molar-refractivity contribution in [3.05, 3.63) is 186 Å². The van der Waals surface area contributed by atoms with Gasteiger partial charge in [0.1, 0.15) is 17.8 Å². The highest BCUT2D eigenvalue weighted by molar-refractivity contribution is 7.22. The van der Waals surface area contributed by atoms with Gasteiger partial charge in [-0.15, -0.1) is 11.3 Å². The van der Waals surface area contributed by atoms with Crippen LogP contribution in [0.4, 0.5) is 10.5 Å². The molecule has 0 aliphatic rings. The molecule has 0 aliphatic heterocycles. The number of carbonyl (C=O) groups excluding carboxylic acids is 1. The molecule has 1 amide bonds. The molecule has 0 bridgehead atoms. The van der Waals surface area contributed by atoms with E-state index < -0.39 is 11.6 Å². The first kappa shape index (κ1) is 31.1. The second kappa shape index (κ2) is 13.4. The van der Waals surface area contributed by atoms with Gasteiger partial charge in [0, 0.05) is 4.70 Å². The summed E-state index contributed by atoms with van der Waals surface area (Å²) in [7, 11) is 1.63. The van der Waals surface area contributed by atoms with Crippen LogP contribution in [0.5, 0.6) is 5.75 Å². The number of hydrogen-bond donors (Lipinski definition) is 1. The number of hydrogen-bond acceptors (Lipinski definition) is 5. The molecule has 0 atom stereocenters. The summed E-state index contributed by atoms with van der Waals surface area (Å²) in [6.45, 7) is 0.149. The van der Waals surface area contributed by atoms with Crippen LogP contribution in [0.2, 0.25) is 0 Å². The maximum Gasteiger partial charge on any atom is 0.412 e. The van der Waals surface area contributed by atoms with Crippen LogP contribution in [0.1, 0.15) is 22.3 Å². The zero-order valence-electron chi connectivity index (χ0n) is 27.3. The lowest BCUT2D eigenvalue weighted by atomic mass is 9.77. The lowest BCUT2D eigenvalue weighted by Crippen LogP contribution is -2.38. The molecule has 2 aromatic heterocycles. The Bertz CT molecular complexity index is 2280. The van der Waals surface area contributed by atoms with Gasteiger partial charge in [-0.2, -0.15) is 5.10 Å². The van der Waals surface area contributed by atoms with Crippen molar-refractivity contribution in [3.8, 4) is 16.3 Å². The second-order valence-electron chi connectivity index (χ2n) is 11.9. The summed E-state index contributed by atoms with van der Waals surface area (Å²) in [6, 6.07) is 55.4. The van der Waals surface area contributed by atoms with Crippen molar-refractivity contribution in [3.63, 3.8) is 0 Å². The predicted octanol–water partition coefficient (Wildman–Crippen LogP) is 10.5. The Morgan fingerprint density at radius 3 is 1.86 bits per heavy atom. The van der Waals surface area contributed by atoms with Crippen molar-refractivity contribution in [2.45, 2.75) is 12.1 Å². The second-order valence-corrected chi connectivity index (χ2v) is 13.0. The number of anilines is 1. The summed E-state index contributed by atoms with van der Waals surface area (Å²) >= 11 is 1.68. The fourth-order valence-corrected chi connectivity index (χ4v) is 7.85. The first-order valence-electron chi connectivity index (χ1n) is 16.4. The van der Waals surface area contributed by atoms with Crippen LogP contribution in [-0.4, -0.2) is 23.0 Å². The summed E-state index contributed by atoms with van der Waals surface area (Å²) in [5.74, 6) is 0.501. The summed E-state index contributed by atoms with van der Waals surface area (Å²) in [5.41, 5.74) is 5.27. The number of nitrogens with zero attached hydrogens (tertiary/aromatic N) is 2. The number of aromatic nitrogens is 2. The Morgan fingerprint density at radius 2 is 1.28 bits per heavy atom. The van der Waals surface area contributed by atoms with Gasteiger partial charge in [0.25, 0.3) is 0 Å². The molecule has 0 saturated carbocycles. The van der Waals surface area contributed by atoms with Crippen molar-refractivity contribution in [2.24, 2.45) is 0 Å². The molecule has 0 fully saturated rings. The molecule has 0 spiro atoms. The lowest BCUT2D eigenvalue weighted by molar-refractivity contribution is 0.155. The maximum atomic E-state index is 13.2. The zero-order valence-corrected chi connectivity index (χ0v) is 28.1. The third-order valence-corrected chi connectivity index (χ3v) is 10.1. The summed E-state index contributed by atoms with van der Waals surface area (Å²) in [6.07, 6.45) is -0.575. The van der Waals surface area contributed by atoms with E-state index in [1.165, 1.54) is 0 Å². The van der Waals surface area contributed by atoms with E-state index in [2.05, 4.69) is 101 Å². The standard InChI is InChI=1S/C43H33N3O3S/c1-48-41-35(44-42(47)49-29-30-16-6-2-7-17-30)26-27-36-39(41)40(38-28-31-18-14-15-25-37(31)50-38)45-46(36)43(32-19-8-3-9-20-32,33-21-10-4-11-22-33)34-23-12-5-13-24-34/h2-28H,29H2,1H3,(H,44,47). The Hall–Kier alpha value is -6.18. The van der Waals surface area contributed by atoms with Crippen LogP contribution >= 0.6 is 11.3 Å². The topological polar surface area (TPSA) is 65.4 Å². The van der Waals surface area contributed by atoms with Crippen LogP contribution in [0, 0.1) is 0 Å². The number of methoxy groups -OCH3 is 1. The van der Waals surface area contributed by atoms with E-state index in [9.17, 15) is 4.79 Å². The molecule has 244 valence electrons. The van der Waals surface area contributed by atoms with Crippen molar-refractivity contribution in [1.29, 1.82) is 0 Å². The highest BCUT2D eigenvalue weighted by atomic mass is 32.1. The van der Waals surface area contributed by atoms with Gasteiger partial charge in [-0.25, -0.2) is 9.48 Å². The predicted molar refractivity (Wildman–Crippen MR) is 202 cm³/mol.